The Kier molecular flexibility index (Phi) is 5.41. The van der Waals surface area contributed by atoms with Gasteiger partial charge in [0.1, 0.15) is 0 Å². The van der Waals surface area contributed by atoms with Crippen LogP contribution in [0.2, 0.25) is 0 Å². The third-order valence-corrected chi connectivity index (χ3v) is 1.38. The summed E-state index contributed by atoms with van der Waals surface area (Å²) < 4.78 is 0. The summed E-state index contributed by atoms with van der Waals surface area (Å²) in [5.74, 6) is 6.66. The second kappa shape index (κ2) is 5.69. The Hall–Kier alpha value is -0.440. The molecular weight excluding hydrogens is 108 g/mol. The molecule has 0 aliphatic heterocycles. The molecule has 0 saturated carbocycles. The maximum Gasteiger partial charge on any atom is 0.0174 e. The molecule has 0 rings (SSSR count). The van der Waals surface area contributed by atoms with Crippen molar-refractivity contribution < 1.29 is 0 Å². The molecule has 1 unspecified atom stereocenters. The van der Waals surface area contributed by atoms with Gasteiger partial charge >= 0.3 is 0 Å². The molecular formula is C9H16. The molecule has 0 saturated heterocycles. The zero-order valence-electron chi connectivity index (χ0n) is 6.70. The van der Waals surface area contributed by atoms with Crippen molar-refractivity contribution in [2.45, 2.75) is 40.0 Å². The molecule has 0 spiro atoms. The normalized spacial score (nSPS) is 11.9. The number of hydrogen-bond acceptors (Lipinski definition) is 0. The molecule has 52 valence electrons. The summed E-state index contributed by atoms with van der Waals surface area (Å²) in [6.07, 6.45) is 3.86. The van der Waals surface area contributed by atoms with Gasteiger partial charge in [-0.25, -0.2) is 0 Å². The summed E-state index contributed by atoms with van der Waals surface area (Å²) in [6.45, 7) is 6.31. The maximum absolute atomic E-state index is 3.13. The van der Waals surface area contributed by atoms with Crippen LogP contribution in [-0.2, 0) is 0 Å². The Balaban J connectivity index is 3.23. The molecule has 0 aliphatic carbocycles. The van der Waals surface area contributed by atoms with Crippen LogP contribution in [0.25, 0.3) is 0 Å². The van der Waals surface area contributed by atoms with E-state index < -0.39 is 0 Å². The van der Waals surface area contributed by atoms with Crippen LogP contribution in [0.3, 0.4) is 0 Å². The van der Waals surface area contributed by atoms with Crippen LogP contribution in [0.5, 0.6) is 0 Å². The zero-order valence-corrected chi connectivity index (χ0v) is 6.70. The Labute approximate surface area is 58.7 Å². The average Bonchev–Trinajstić information content (AvgIpc) is 1.85. The van der Waals surface area contributed by atoms with Gasteiger partial charge in [0, 0.05) is 5.92 Å². The molecule has 0 heterocycles. The van der Waals surface area contributed by atoms with Crippen molar-refractivity contribution in [3.63, 3.8) is 0 Å². The highest BCUT2D eigenvalue weighted by molar-refractivity contribution is 4.98. The highest BCUT2D eigenvalue weighted by Gasteiger charge is 1.93. The lowest BCUT2D eigenvalue weighted by atomic mass is 10.1. The van der Waals surface area contributed by atoms with Crippen LogP contribution in [-0.4, -0.2) is 0 Å². The SMILES string of the molecule is CC#CC(C)CCCC. The van der Waals surface area contributed by atoms with Gasteiger partial charge in [-0.1, -0.05) is 26.7 Å². The summed E-state index contributed by atoms with van der Waals surface area (Å²) in [5.41, 5.74) is 0. The van der Waals surface area contributed by atoms with Gasteiger partial charge in [-0.3, -0.25) is 0 Å². The van der Waals surface area contributed by atoms with E-state index in [1.54, 1.807) is 0 Å². The fraction of sp³-hybridized carbons (Fsp3) is 0.778. The Morgan fingerprint density at radius 3 is 2.56 bits per heavy atom. The maximum atomic E-state index is 3.13. The van der Waals surface area contributed by atoms with Crippen LogP contribution in [0, 0.1) is 17.8 Å². The topological polar surface area (TPSA) is 0 Å². The van der Waals surface area contributed by atoms with Crippen LogP contribution in [0.15, 0.2) is 0 Å². The highest BCUT2D eigenvalue weighted by Crippen LogP contribution is 2.04. The van der Waals surface area contributed by atoms with Crippen LogP contribution in [0.4, 0.5) is 0 Å². The van der Waals surface area contributed by atoms with E-state index in [9.17, 15) is 0 Å². The van der Waals surface area contributed by atoms with E-state index in [0.29, 0.717) is 5.92 Å². The summed E-state index contributed by atoms with van der Waals surface area (Å²) in [5, 5.41) is 0. The van der Waals surface area contributed by atoms with Crippen molar-refractivity contribution in [3.8, 4) is 11.8 Å². The molecule has 9 heavy (non-hydrogen) atoms. The number of rotatable bonds is 3. The standard InChI is InChI=1S/C9H16/c1-4-6-8-9(3)7-5-2/h9H,4,6,8H2,1-3H3. The van der Waals surface area contributed by atoms with Gasteiger partial charge < -0.3 is 0 Å². The van der Waals surface area contributed by atoms with Crippen LogP contribution >= 0.6 is 0 Å². The van der Waals surface area contributed by atoms with Crippen LogP contribution in [0.1, 0.15) is 40.0 Å². The smallest absolute Gasteiger partial charge is 0.0174 e. The second-order valence-corrected chi connectivity index (χ2v) is 2.44. The van der Waals surface area contributed by atoms with Crippen molar-refractivity contribution >= 4 is 0 Å². The molecule has 0 heteroatoms. The molecule has 0 nitrogen and oxygen atoms in total. The fourth-order valence-electron chi connectivity index (χ4n) is 0.829. The lowest BCUT2D eigenvalue weighted by Crippen LogP contribution is -1.88. The van der Waals surface area contributed by atoms with Gasteiger partial charge in [0.05, 0.1) is 0 Å². The lowest BCUT2D eigenvalue weighted by molar-refractivity contribution is 0.613. The molecule has 0 aromatic rings. The Bertz CT molecular complexity index is 103. The first-order valence-corrected chi connectivity index (χ1v) is 3.73. The predicted molar refractivity (Wildman–Crippen MR) is 42.1 cm³/mol. The van der Waals surface area contributed by atoms with Crippen molar-refractivity contribution in [3.05, 3.63) is 0 Å². The molecule has 0 amide bonds. The molecule has 0 fully saturated rings. The largest absolute Gasteiger partial charge is 0.106 e. The zero-order chi connectivity index (χ0) is 7.11. The Morgan fingerprint density at radius 2 is 2.11 bits per heavy atom. The predicted octanol–water partition coefficient (Wildman–Crippen LogP) is 2.84. The van der Waals surface area contributed by atoms with Gasteiger partial charge in [-0.15, -0.1) is 11.8 Å². The molecule has 1 atom stereocenters. The van der Waals surface area contributed by atoms with E-state index in [1.165, 1.54) is 19.3 Å². The van der Waals surface area contributed by atoms with Crippen molar-refractivity contribution in [2.24, 2.45) is 5.92 Å². The minimum absolute atomic E-state index is 0.606. The lowest BCUT2D eigenvalue weighted by Gasteiger charge is -1.99. The van der Waals surface area contributed by atoms with E-state index in [-0.39, 0.29) is 0 Å². The quantitative estimate of drug-likeness (QED) is 0.507. The monoisotopic (exact) mass is 124 g/mol. The van der Waals surface area contributed by atoms with E-state index in [2.05, 4.69) is 25.7 Å². The van der Waals surface area contributed by atoms with Crippen molar-refractivity contribution in [1.82, 2.24) is 0 Å². The molecule has 0 aliphatic rings. The molecule has 0 aromatic heterocycles. The third-order valence-electron chi connectivity index (χ3n) is 1.38. The van der Waals surface area contributed by atoms with Crippen molar-refractivity contribution in [2.75, 3.05) is 0 Å². The third kappa shape index (κ3) is 5.43. The van der Waals surface area contributed by atoms with E-state index in [4.69, 9.17) is 0 Å². The number of hydrogen-bond donors (Lipinski definition) is 0. The van der Waals surface area contributed by atoms with E-state index in [0.717, 1.165) is 0 Å². The van der Waals surface area contributed by atoms with Crippen LogP contribution < -0.4 is 0 Å². The summed E-state index contributed by atoms with van der Waals surface area (Å²) in [7, 11) is 0. The first-order chi connectivity index (χ1) is 4.31. The van der Waals surface area contributed by atoms with E-state index in [1.807, 2.05) is 6.92 Å². The summed E-state index contributed by atoms with van der Waals surface area (Å²) >= 11 is 0. The van der Waals surface area contributed by atoms with Gasteiger partial charge in [0.15, 0.2) is 0 Å². The molecule has 0 bridgehead atoms. The van der Waals surface area contributed by atoms with Gasteiger partial charge in [-0.05, 0) is 13.3 Å². The number of unbranched alkanes of at least 4 members (excludes halogenated alkanes) is 1. The highest BCUT2D eigenvalue weighted by atomic mass is 14.0. The molecule has 0 radical (unpaired) electrons. The van der Waals surface area contributed by atoms with Crippen molar-refractivity contribution in [1.29, 1.82) is 0 Å². The molecule has 0 aromatic carbocycles. The first-order valence-electron chi connectivity index (χ1n) is 3.73. The Morgan fingerprint density at radius 1 is 1.44 bits per heavy atom. The first kappa shape index (κ1) is 8.56. The minimum Gasteiger partial charge on any atom is -0.106 e. The van der Waals surface area contributed by atoms with Gasteiger partial charge in [0.2, 0.25) is 0 Å². The minimum atomic E-state index is 0.606. The van der Waals surface area contributed by atoms with Gasteiger partial charge in [-0.2, -0.15) is 0 Å². The summed E-state index contributed by atoms with van der Waals surface area (Å²) in [4.78, 5) is 0. The second-order valence-electron chi connectivity index (χ2n) is 2.44. The fourth-order valence-corrected chi connectivity index (χ4v) is 0.829. The summed E-state index contributed by atoms with van der Waals surface area (Å²) in [6, 6.07) is 0. The van der Waals surface area contributed by atoms with Gasteiger partial charge in [0.25, 0.3) is 0 Å². The average molecular weight is 124 g/mol. The molecule has 0 N–H and O–H groups in total. The van der Waals surface area contributed by atoms with E-state index >= 15 is 0 Å².